The Kier molecular flexibility index (Phi) is 6.39. The lowest BCUT2D eigenvalue weighted by Crippen LogP contribution is -2.62. The van der Waals surface area contributed by atoms with Gasteiger partial charge in [0.2, 0.25) is 5.82 Å². The SMILES string of the molecule is CC(C)c1cc(-c2ccc(C(F)(F)F)cc2)nn2cc(C(=O)N3CCN(C(=O)c4ncn[nH]4)CC3(C)C)nc12. The van der Waals surface area contributed by atoms with Crippen molar-refractivity contribution in [2.75, 3.05) is 19.6 Å². The maximum absolute atomic E-state index is 13.6. The Bertz CT molecular complexity index is 1530. The van der Waals surface area contributed by atoms with Crippen LogP contribution in [0.25, 0.3) is 16.9 Å². The number of alkyl halides is 3. The van der Waals surface area contributed by atoms with Crippen LogP contribution in [0.3, 0.4) is 0 Å². The van der Waals surface area contributed by atoms with Crippen molar-refractivity contribution in [2.24, 2.45) is 0 Å². The maximum Gasteiger partial charge on any atom is 0.416 e. The molecule has 1 fully saturated rings. The lowest BCUT2D eigenvalue weighted by Gasteiger charge is -2.46. The minimum absolute atomic E-state index is 0.0103. The van der Waals surface area contributed by atoms with E-state index in [1.807, 2.05) is 27.7 Å². The third-order valence-corrected chi connectivity index (χ3v) is 6.85. The van der Waals surface area contributed by atoms with Gasteiger partial charge in [-0.05, 0) is 38.0 Å². The summed E-state index contributed by atoms with van der Waals surface area (Å²) in [5.41, 5.74) is 1.05. The van der Waals surface area contributed by atoms with Gasteiger partial charge in [-0.25, -0.2) is 14.5 Å². The third-order valence-electron chi connectivity index (χ3n) is 6.85. The summed E-state index contributed by atoms with van der Waals surface area (Å²) in [6.07, 6.45) is -1.62. The number of aromatic amines is 1. The minimum atomic E-state index is -4.43. The van der Waals surface area contributed by atoms with E-state index in [0.717, 1.165) is 17.7 Å². The first kappa shape index (κ1) is 26.3. The van der Waals surface area contributed by atoms with Crippen molar-refractivity contribution in [1.82, 2.24) is 39.6 Å². The summed E-state index contributed by atoms with van der Waals surface area (Å²) >= 11 is 0. The number of nitrogens with one attached hydrogen (secondary N) is 1. The molecule has 0 atom stereocenters. The molecule has 1 aromatic carbocycles. The molecule has 39 heavy (non-hydrogen) atoms. The van der Waals surface area contributed by atoms with Crippen LogP contribution in [0.5, 0.6) is 0 Å². The van der Waals surface area contributed by atoms with E-state index in [1.54, 1.807) is 22.1 Å². The van der Waals surface area contributed by atoms with Gasteiger partial charge in [-0.2, -0.15) is 23.4 Å². The number of H-pyrrole nitrogens is 1. The van der Waals surface area contributed by atoms with E-state index in [1.165, 1.54) is 23.0 Å². The molecule has 0 spiro atoms. The van der Waals surface area contributed by atoms with Crippen molar-refractivity contribution in [2.45, 2.75) is 45.3 Å². The molecular weight excluding hydrogens is 513 g/mol. The summed E-state index contributed by atoms with van der Waals surface area (Å²) in [5.74, 6) is -0.441. The van der Waals surface area contributed by atoms with Gasteiger partial charge in [0.05, 0.1) is 23.0 Å². The van der Waals surface area contributed by atoms with Gasteiger partial charge in [0.1, 0.15) is 12.0 Å². The normalized spacial score (nSPS) is 15.8. The van der Waals surface area contributed by atoms with Crippen LogP contribution in [0.2, 0.25) is 0 Å². The molecule has 0 unspecified atom stereocenters. The predicted octanol–water partition coefficient (Wildman–Crippen LogP) is 4.03. The summed E-state index contributed by atoms with van der Waals surface area (Å²) in [5, 5.41) is 10.9. The number of halogens is 3. The zero-order chi connectivity index (χ0) is 28.1. The van der Waals surface area contributed by atoms with E-state index in [4.69, 9.17) is 0 Å². The number of piperazine rings is 1. The van der Waals surface area contributed by atoms with E-state index in [-0.39, 0.29) is 29.3 Å². The molecule has 0 aliphatic carbocycles. The highest BCUT2D eigenvalue weighted by atomic mass is 19.4. The number of hydrogen-bond donors (Lipinski definition) is 1. The molecular formula is C26H27F3N8O2. The van der Waals surface area contributed by atoms with E-state index in [2.05, 4.69) is 25.3 Å². The highest BCUT2D eigenvalue weighted by molar-refractivity contribution is 5.94. The molecule has 3 aromatic heterocycles. The molecule has 0 bridgehead atoms. The number of aromatic nitrogens is 6. The lowest BCUT2D eigenvalue weighted by atomic mass is 9.98. The highest BCUT2D eigenvalue weighted by Crippen LogP contribution is 2.32. The average molecular weight is 541 g/mol. The molecule has 0 saturated carbocycles. The number of imidazole rings is 1. The summed E-state index contributed by atoms with van der Waals surface area (Å²) in [7, 11) is 0. The summed E-state index contributed by atoms with van der Waals surface area (Å²) in [4.78, 5) is 38.2. The van der Waals surface area contributed by atoms with E-state index < -0.39 is 17.3 Å². The van der Waals surface area contributed by atoms with Crippen LogP contribution >= 0.6 is 0 Å². The molecule has 2 amide bonds. The quantitative estimate of drug-likeness (QED) is 0.418. The monoisotopic (exact) mass is 540 g/mol. The Morgan fingerprint density at radius 3 is 2.38 bits per heavy atom. The average Bonchev–Trinajstić information content (AvgIpc) is 3.56. The number of amides is 2. The molecule has 1 aliphatic heterocycles. The number of hydrogen-bond acceptors (Lipinski definition) is 6. The Labute approximate surface area is 221 Å². The number of nitrogens with zero attached hydrogens (tertiary/aromatic N) is 7. The molecule has 10 nitrogen and oxygen atoms in total. The van der Waals surface area contributed by atoms with Crippen LogP contribution in [-0.2, 0) is 6.18 Å². The fourth-order valence-electron chi connectivity index (χ4n) is 4.80. The molecule has 13 heteroatoms. The lowest BCUT2D eigenvalue weighted by molar-refractivity contribution is -0.137. The minimum Gasteiger partial charge on any atom is -0.332 e. The molecule has 5 rings (SSSR count). The Morgan fingerprint density at radius 1 is 1.08 bits per heavy atom. The van der Waals surface area contributed by atoms with Gasteiger partial charge < -0.3 is 9.80 Å². The second-order valence-corrected chi connectivity index (χ2v) is 10.4. The Balaban J connectivity index is 1.44. The predicted molar refractivity (Wildman–Crippen MR) is 135 cm³/mol. The van der Waals surface area contributed by atoms with Crippen LogP contribution in [0.15, 0.2) is 42.9 Å². The second kappa shape index (κ2) is 9.47. The Morgan fingerprint density at radius 2 is 1.79 bits per heavy atom. The zero-order valence-electron chi connectivity index (χ0n) is 21.8. The second-order valence-electron chi connectivity index (χ2n) is 10.4. The van der Waals surface area contributed by atoms with Gasteiger partial charge in [0.25, 0.3) is 11.8 Å². The van der Waals surface area contributed by atoms with Crippen LogP contribution in [0.1, 0.15) is 65.8 Å². The number of benzene rings is 1. The van der Waals surface area contributed by atoms with E-state index >= 15 is 0 Å². The fraction of sp³-hybridized carbons (Fsp3) is 0.385. The number of carbonyl (C=O) groups excluding carboxylic acids is 2. The van der Waals surface area contributed by atoms with Gasteiger partial charge in [-0.1, -0.05) is 26.0 Å². The molecule has 0 radical (unpaired) electrons. The molecule has 1 N–H and O–H groups in total. The zero-order valence-corrected chi connectivity index (χ0v) is 21.8. The smallest absolute Gasteiger partial charge is 0.332 e. The van der Waals surface area contributed by atoms with Gasteiger partial charge in [-0.15, -0.1) is 0 Å². The van der Waals surface area contributed by atoms with Crippen molar-refractivity contribution in [3.05, 3.63) is 65.5 Å². The van der Waals surface area contributed by atoms with Crippen LogP contribution in [-0.4, -0.2) is 76.6 Å². The van der Waals surface area contributed by atoms with Crippen molar-refractivity contribution >= 4 is 17.5 Å². The summed E-state index contributed by atoms with van der Waals surface area (Å²) in [6.45, 7) is 8.59. The largest absolute Gasteiger partial charge is 0.416 e. The topological polar surface area (TPSA) is 112 Å². The molecule has 1 aliphatic rings. The first-order chi connectivity index (χ1) is 18.3. The van der Waals surface area contributed by atoms with Gasteiger partial charge in [0, 0.05) is 30.8 Å². The van der Waals surface area contributed by atoms with Gasteiger partial charge >= 0.3 is 6.18 Å². The standard InChI is InChI=1S/C26H27F3N8O2/c1-15(2)18-11-19(16-5-7-17(8-6-16)26(27,28)29)34-37-12-20(32-22(18)37)23(38)36-10-9-35(13-25(36,3)4)24(39)21-30-14-31-33-21/h5-8,11-12,14-15H,9-10,13H2,1-4H3,(H,30,31,33). The third kappa shape index (κ3) is 4.95. The first-order valence-corrected chi connectivity index (χ1v) is 12.4. The number of carbonyl (C=O) groups is 2. The van der Waals surface area contributed by atoms with Crippen LogP contribution in [0, 0.1) is 0 Å². The number of rotatable bonds is 4. The van der Waals surface area contributed by atoms with Gasteiger partial charge in [-0.3, -0.25) is 14.7 Å². The highest BCUT2D eigenvalue weighted by Gasteiger charge is 2.40. The van der Waals surface area contributed by atoms with Crippen molar-refractivity contribution < 1.29 is 22.8 Å². The molecule has 4 heterocycles. The molecule has 4 aromatic rings. The first-order valence-electron chi connectivity index (χ1n) is 12.4. The van der Waals surface area contributed by atoms with Crippen LogP contribution < -0.4 is 0 Å². The fourth-order valence-corrected chi connectivity index (χ4v) is 4.80. The summed E-state index contributed by atoms with van der Waals surface area (Å²) < 4.78 is 40.6. The maximum atomic E-state index is 13.6. The van der Waals surface area contributed by atoms with E-state index in [9.17, 15) is 22.8 Å². The van der Waals surface area contributed by atoms with Crippen LogP contribution in [0.4, 0.5) is 13.2 Å². The molecule has 204 valence electrons. The van der Waals surface area contributed by atoms with Crippen molar-refractivity contribution in [1.29, 1.82) is 0 Å². The summed E-state index contributed by atoms with van der Waals surface area (Å²) in [6, 6.07) is 6.60. The van der Waals surface area contributed by atoms with E-state index in [0.29, 0.717) is 36.5 Å². The van der Waals surface area contributed by atoms with Crippen molar-refractivity contribution in [3.8, 4) is 11.3 Å². The van der Waals surface area contributed by atoms with Crippen molar-refractivity contribution in [3.63, 3.8) is 0 Å². The molecule has 1 saturated heterocycles. The number of fused-ring (bicyclic) bond motifs is 1. The Hall–Kier alpha value is -4.29. The van der Waals surface area contributed by atoms with Gasteiger partial charge in [0.15, 0.2) is 5.65 Å².